The lowest BCUT2D eigenvalue weighted by Crippen LogP contribution is -2.32. The average molecular weight is 171 g/mol. The Kier molecular flexibility index (Phi) is 2.62. The van der Waals surface area contributed by atoms with E-state index in [-0.39, 0.29) is 11.3 Å². The number of pyridine rings is 1. The zero-order valence-corrected chi connectivity index (χ0v) is 6.36. The van der Waals surface area contributed by atoms with Crippen LogP contribution >= 0.6 is 0 Å². The maximum absolute atomic E-state index is 12.5. The summed E-state index contributed by atoms with van der Waals surface area (Å²) in [5.41, 5.74) is -0.0856. The predicted octanol–water partition coefficient (Wildman–Crippen LogP) is -1.09. The van der Waals surface area contributed by atoms with Crippen molar-refractivity contribution in [2.75, 3.05) is 7.11 Å². The van der Waals surface area contributed by atoms with Gasteiger partial charge in [-0.2, -0.15) is 0 Å². The third kappa shape index (κ3) is 1.72. The van der Waals surface area contributed by atoms with Crippen LogP contribution in [0.2, 0.25) is 0 Å². The minimum absolute atomic E-state index is 0.00593. The second-order valence-corrected chi connectivity index (χ2v) is 2.13. The number of hydrogen-bond acceptors (Lipinski definition) is 4. The van der Waals surface area contributed by atoms with Gasteiger partial charge in [0, 0.05) is 5.46 Å². The standard InChI is InChI=1S/C6H7BFNO3/c1-12-6-5(7(10)11)2-4(8)3-9-6/h2-3,10-11H,1H3. The van der Waals surface area contributed by atoms with Crippen LogP contribution in [0.15, 0.2) is 12.3 Å². The monoisotopic (exact) mass is 171 g/mol. The van der Waals surface area contributed by atoms with Crippen molar-refractivity contribution >= 4 is 12.6 Å². The van der Waals surface area contributed by atoms with E-state index in [4.69, 9.17) is 10.0 Å². The molecule has 4 nitrogen and oxygen atoms in total. The van der Waals surface area contributed by atoms with Crippen molar-refractivity contribution in [1.82, 2.24) is 4.98 Å². The molecule has 6 heteroatoms. The fourth-order valence-corrected chi connectivity index (χ4v) is 0.798. The highest BCUT2D eigenvalue weighted by Gasteiger charge is 2.18. The molecule has 0 unspecified atom stereocenters. The molecule has 2 N–H and O–H groups in total. The number of halogens is 1. The summed E-state index contributed by atoms with van der Waals surface area (Å²) in [6.45, 7) is 0. The summed E-state index contributed by atoms with van der Waals surface area (Å²) in [6, 6.07) is 0.955. The van der Waals surface area contributed by atoms with Gasteiger partial charge in [0.2, 0.25) is 5.88 Å². The minimum Gasteiger partial charge on any atom is -0.481 e. The van der Waals surface area contributed by atoms with Crippen molar-refractivity contribution in [2.24, 2.45) is 0 Å². The number of nitrogens with zero attached hydrogens (tertiary/aromatic N) is 1. The van der Waals surface area contributed by atoms with Gasteiger partial charge in [-0.15, -0.1) is 0 Å². The maximum Gasteiger partial charge on any atom is 0.494 e. The first-order valence-electron chi connectivity index (χ1n) is 3.20. The summed E-state index contributed by atoms with van der Waals surface area (Å²) in [4.78, 5) is 3.50. The first-order chi connectivity index (χ1) is 5.65. The van der Waals surface area contributed by atoms with Gasteiger partial charge in [0.15, 0.2) is 0 Å². The van der Waals surface area contributed by atoms with E-state index in [1.165, 1.54) is 7.11 Å². The molecular formula is C6H7BFNO3. The van der Waals surface area contributed by atoms with Crippen molar-refractivity contribution in [3.8, 4) is 5.88 Å². The fourth-order valence-electron chi connectivity index (χ4n) is 0.798. The van der Waals surface area contributed by atoms with E-state index in [9.17, 15) is 4.39 Å². The van der Waals surface area contributed by atoms with Crippen LogP contribution in [-0.2, 0) is 0 Å². The molecule has 0 saturated carbocycles. The topological polar surface area (TPSA) is 62.6 Å². The summed E-state index contributed by atoms with van der Waals surface area (Å²) >= 11 is 0. The van der Waals surface area contributed by atoms with Crippen molar-refractivity contribution in [2.45, 2.75) is 0 Å². The highest BCUT2D eigenvalue weighted by molar-refractivity contribution is 6.59. The lowest BCUT2D eigenvalue weighted by atomic mass is 9.81. The number of hydrogen-bond donors (Lipinski definition) is 2. The van der Waals surface area contributed by atoms with Gasteiger partial charge < -0.3 is 14.8 Å². The van der Waals surface area contributed by atoms with Crippen molar-refractivity contribution in [1.29, 1.82) is 0 Å². The van der Waals surface area contributed by atoms with Gasteiger partial charge in [-0.3, -0.25) is 0 Å². The Morgan fingerprint density at radius 3 is 2.75 bits per heavy atom. The zero-order chi connectivity index (χ0) is 9.14. The smallest absolute Gasteiger partial charge is 0.481 e. The Hall–Kier alpha value is -1.14. The zero-order valence-electron chi connectivity index (χ0n) is 6.36. The molecular weight excluding hydrogens is 164 g/mol. The fraction of sp³-hybridized carbons (Fsp3) is 0.167. The first kappa shape index (κ1) is 8.96. The van der Waals surface area contributed by atoms with Gasteiger partial charge in [0.25, 0.3) is 0 Å². The second-order valence-electron chi connectivity index (χ2n) is 2.13. The van der Waals surface area contributed by atoms with Crippen LogP contribution in [0.4, 0.5) is 4.39 Å². The lowest BCUT2D eigenvalue weighted by Gasteiger charge is -2.04. The summed E-state index contributed by atoms with van der Waals surface area (Å²) in [5, 5.41) is 17.5. The molecule has 0 saturated heterocycles. The van der Waals surface area contributed by atoms with Gasteiger partial charge in [-0.05, 0) is 6.07 Å². The Morgan fingerprint density at radius 2 is 2.25 bits per heavy atom. The molecule has 0 aromatic carbocycles. The van der Waals surface area contributed by atoms with Gasteiger partial charge in [-0.1, -0.05) is 0 Å². The Balaban J connectivity index is 3.12. The van der Waals surface area contributed by atoms with E-state index in [1.54, 1.807) is 0 Å². The summed E-state index contributed by atoms with van der Waals surface area (Å²) < 4.78 is 17.2. The molecule has 0 fully saturated rings. The highest BCUT2D eigenvalue weighted by Crippen LogP contribution is 2.03. The van der Waals surface area contributed by atoms with Crippen molar-refractivity contribution < 1.29 is 19.2 Å². The molecule has 12 heavy (non-hydrogen) atoms. The molecule has 0 aliphatic rings. The molecule has 64 valence electrons. The van der Waals surface area contributed by atoms with Crippen LogP contribution in [0.25, 0.3) is 0 Å². The molecule has 0 radical (unpaired) electrons. The van der Waals surface area contributed by atoms with Crippen LogP contribution < -0.4 is 10.2 Å². The quantitative estimate of drug-likeness (QED) is 0.555. The van der Waals surface area contributed by atoms with Crippen LogP contribution in [0.3, 0.4) is 0 Å². The van der Waals surface area contributed by atoms with E-state index >= 15 is 0 Å². The Morgan fingerprint density at radius 1 is 1.58 bits per heavy atom. The summed E-state index contributed by atoms with van der Waals surface area (Å²) in [6.07, 6.45) is 0.935. The Labute approximate surface area is 68.8 Å². The molecule has 0 bridgehead atoms. The maximum atomic E-state index is 12.5. The van der Waals surface area contributed by atoms with Crippen LogP contribution in [-0.4, -0.2) is 29.3 Å². The molecule has 0 aliphatic heterocycles. The third-order valence-corrected chi connectivity index (χ3v) is 1.32. The van der Waals surface area contributed by atoms with Gasteiger partial charge in [0.1, 0.15) is 5.82 Å². The van der Waals surface area contributed by atoms with Crippen LogP contribution in [0.5, 0.6) is 5.88 Å². The molecule has 1 aromatic rings. The molecule has 0 atom stereocenters. The molecule has 0 spiro atoms. The second kappa shape index (κ2) is 3.51. The van der Waals surface area contributed by atoms with E-state index in [0.717, 1.165) is 12.3 Å². The van der Waals surface area contributed by atoms with E-state index < -0.39 is 12.9 Å². The Bertz CT molecular complexity index is 281. The predicted molar refractivity (Wildman–Crippen MR) is 40.6 cm³/mol. The average Bonchev–Trinajstić information content (AvgIpc) is 2.04. The number of aromatic nitrogens is 1. The lowest BCUT2D eigenvalue weighted by molar-refractivity contribution is 0.389. The van der Waals surface area contributed by atoms with E-state index in [1.807, 2.05) is 0 Å². The van der Waals surface area contributed by atoms with E-state index in [0.29, 0.717) is 0 Å². The van der Waals surface area contributed by atoms with Gasteiger partial charge >= 0.3 is 7.12 Å². The number of methoxy groups -OCH3 is 1. The third-order valence-electron chi connectivity index (χ3n) is 1.32. The molecule has 0 amide bonds. The molecule has 1 heterocycles. The SMILES string of the molecule is COc1ncc(F)cc1B(O)O. The van der Waals surface area contributed by atoms with Crippen LogP contribution in [0, 0.1) is 5.82 Å². The van der Waals surface area contributed by atoms with Gasteiger partial charge in [0.05, 0.1) is 13.3 Å². The van der Waals surface area contributed by atoms with Crippen molar-refractivity contribution in [3.63, 3.8) is 0 Å². The molecule has 1 rings (SSSR count). The summed E-state index contributed by atoms with van der Waals surface area (Å²) in [5.74, 6) is -0.634. The normalized spacial score (nSPS) is 9.67. The highest BCUT2D eigenvalue weighted by atomic mass is 19.1. The minimum atomic E-state index is -1.77. The first-order valence-corrected chi connectivity index (χ1v) is 3.20. The van der Waals surface area contributed by atoms with E-state index in [2.05, 4.69) is 9.72 Å². The molecule has 1 aromatic heterocycles. The van der Waals surface area contributed by atoms with Gasteiger partial charge in [-0.25, -0.2) is 9.37 Å². The largest absolute Gasteiger partial charge is 0.494 e. The summed E-state index contributed by atoms with van der Waals surface area (Å²) in [7, 11) is -0.463. The van der Waals surface area contributed by atoms with Crippen LogP contribution in [0.1, 0.15) is 0 Å². The number of ether oxygens (including phenoxy) is 1. The number of rotatable bonds is 2. The molecule has 0 aliphatic carbocycles. The van der Waals surface area contributed by atoms with Crippen molar-refractivity contribution in [3.05, 3.63) is 18.1 Å².